The molecular formula is C18H25N5O. The number of amides is 1. The number of carbonyl (C=O) groups is 1. The molecule has 1 aliphatic heterocycles. The number of piperidine rings is 1. The number of carbonyl (C=O) groups excluding carboxylic acids is 1. The molecule has 6 nitrogen and oxygen atoms in total. The van der Waals surface area contributed by atoms with E-state index in [0.717, 1.165) is 38.0 Å². The van der Waals surface area contributed by atoms with E-state index in [0.29, 0.717) is 17.9 Å². The highest BCUT2D eigenvalue weighted by Gasteiger charge is 2.47. The van der Waals surface area contributed by atoms with E-state index in [1.165, 1.54) is 11.3 Å². The highest BCUT2D eigenvalue weighted by molar-refractivity contribution is 5.83. The normalized spacial score (nSPS) is 26.6. The largest absolute Gasteiger partial charge is 0.340 e. The summed E-state index contributed by atoms with van der Waals surface area (Å²) in [5.41, 5.74) is 3.43. The van der Waals surface area contributed by atoms with Crippen molar-refractivity contribution in [1.29, 1.82) is 0 Å². The van der Waals surface area contributed by atoms with Gasteiger partial charge < -0.3 is 4.90 Å². The predicted octanol–water partition coefficient (Wildman–Crippen LogP) is 2.20. The van der Waals surface area contributed by atoms with Gasteiger partial charge in [0.05, 0.1) is 17.9 Å². The Morgan fingerprint density at radius 3 is 2.83 bits per heavy atom. The van der Waals surface area contributed by atoms with Crippen LogP contribution in [0.25, 0.3) is 0 Å². The fourth-order valence-electron chi connectivity index (χ4n) is 4.07. The average molecular weight is 327 g/mol. The van der Waals surface area contributed by atoms with Gasteiger partial charge in [-0.2, -0.15) is 10.2 Å². The summed E-state index contributed by atoms with van der Waals surface area (Å²) in [4.78, 5) is 14.9. The van der Waals surface area contributed by atoms with Crippen LogP contribution in [0.15, 0.2) is 18.5 Å². The third-order valence-electron chi connectivity index (χ3n) is 5.36. The molecule has 3 atom stereocenters. The Morgan fingerprint density at radius 1 is 1.33 bits per heavy atom. The van der Waals surface area contributed by atoms with Gasteiger partial charge in [-0.3, -0.25) is 14.2 Å². The lowest BCUT2D eigenvalue weighted by molar-refractivity contribution is -0.134. The predicted molar refractivity (Wildman–Crippen MR) is 90.6 cm³/mol. The smallest absolute Gasteiger partial charge is 0.226 e. The Balaban J connectivity index is 1.43. The molecule has 1 saturated heterocycles. The molecule has 0 aromatic carbocycles. The van der Waals surface area contributed by atoms with Crippen LogP contribution < -0.4 is 0 Å². The topological polar surface area (TPSA) is 56.0 Å². The highest BCUT2D eigenvalue weighted by atomic mass is 16.2. The van der Waals surface area contributed by atoms with Crippen molar-refractivity contribution in [1.82, 2.24) is 24.5 Å². The Bertz CT molecular complexity index is 761. The second kappa shape index (κ2) is 5.76. The van der Waals surface area contributed by atoms with Crippen LogP contribution in [-0.2, 0) is 11.8 Å². The van der Waals surface area contributed by atoms with Crippen LogP contribution in [0.3, 0.4) is 0 Å². The monoisotopic (exact) mass is 327 g/mol. The van der Waals surface area contributed by atoms with Crippen molar-refractivity contribution in [2.45, 2.75) is 45.1 Å². The molecule has 1 amide bonds. The van der Waals surface area contributed by atoms with Crippen molar-refractivity contribution in [3.05, 3.63) is 35.4 Å². The molecular weight excluding hydrogens is 302 g/mol. The Morgan fingerprint density at radius 2 is 2.17 bits per heavy atom. The van der Waals surface area contributed by atoms with Crippen molar-refractivity contribution in [2.75, 3.05) is 13.1 Å². The maximum atomic E-state index is 12.9. The van der Waals surface area contributed by atoms with Gasteiger partial charge in [0.15, 0.2) is 0 Å². The second-order valence-electron chi connectivity index (χ2n) is 7.35. The van der Waals surface area contributed by atoms with Crippen molar-refractivity contribution in [3.63, 3.8) is 0 Å². The summed E-state index contributed by atoms with van der Waals surface area (Å²) in [6, 6.07) is 2.42. The van der Waals surface area contributed by atoms with Gasteiger partial charge in [-0.15, -0.1) is 0 Å². The molecule has 3 heterocycles. The molecule has 0 spiro atoms. The summed E-state index contributed by atoms with van der Waals surface area (Å²) in [6.45, 7) is 5.79. The molecule has 0 unspecified atom stereocenters. The second-order valence-corrected chi connectivity index (χ2v) is 7.35. The molecule has 2 aromatic heterocycles. The first-order valence-electron chi connectivity index (χ1n) is 8.83. The van der Waals surface area contributed by atoms with Gasteiger partial charge in [0, 0.05) is 37.9 Å². The summed E-state index contributed by atoms with van der Waals surface area (Å²) in [7, 11) is 1.92. The van der Waals surface area contributed by atoms with E-state index in [1.54, 1.807) is 0 Å². The number of rotatable bonds is 3. The highest BCUT2D eigenvalue weighted by Crippen LogP contribution is 2.48. The molecule has 24 heavy (non-hydrogen) atoms. The molecule has 6 heteroatoms. The molecule has 4 rings (SSSR count). The van der Waals surface area contributed by atoms with Crippen molar-refractivity contribution in [3.8, 4) is 0 Å². The molecule has 2 aliphatic rings. The van der Waals surface area contributed by atoms with Crippen molar-refractivity contribution >= 4 is 5.91 Å². The Hall–Kier alpha value is -2.11. The zero-order chi connectivity index (χ0) is 16.8. The van der Waals surface area contributed by atoms with E-state index in [-0.39, 0.29) is 5.92 Å². The van der Waals surface area contributed by atoms with E-state index in [4.69, 9.17) is 0 Å². The summed E-state index contributed by atoms with van der Waals surface area (Å²) in [5, 5.41) is 8.85. The van der Waals surface area contributed by atoms with Crippen LogP contribution in [0.5, 0.6) is 0 Å². The van der Waals surface area contributed by atoms with Gasteiger partial charge in [0.1, 0.15) is 0 Å². The summed E-state index contributed by atoms with van der Waals surface area (Å²) < 4.78 is 3.93. The molecule has 0 radical (unpaired) electrons. The van der Waals surface area contributed by atoms with E-state index >= 15 is 0 Å². The first-order valence-corrected chi connectivity index (χ1v) is 8.83. The first kappa shape index (κ1) is 15.4. The van der Waals surface area contributed by atoms with Crippen LogP contribution in [0.4, 0.5) is 0 Å². The molecule has 128 valence electrons. The van der Waals surface area contributed by atoms with Crippen LogP contribution in [0, 0.1) is 19.8 Å². The molecule has 2 aromatic rings. The quantitative estimate of drug-likeness (QED) is 0.868. The first-order chi connectivity index (χ1) is 11.5. The maximum absolute atomic E-state index is 12.9. The van der Waals surface area contributed by atoms with Gasteiger partial charge in [0.25, 0.3) is 0 Å². The number of hydrogen-bond acceptors (Lipinski definition) is 3. The van der Waals surface area contributed by atoms with Gasteiger partial charge in [-0.25, -0.2) is 0 Å². The summed E-state index contributed by atoms with van der Waals surface area (Å²) >= 11 is 0. The number of hydrogen-bond donors (Lipinski definition) is 0. The summed E-state index contributed by atoms with van der Waals surface area (Å²) in [6.07, 6.45) is 7.05. The lowest BCUT2D eigenvalue weighted by Crippen LogP contribution is -2.42. The van der Waals surface area contributed by atoms with Gasteiger partial charge in [-0.05, 0) is 50.7 Å². The molecule has 2 fully saturated rings. The number of aromatic nitrogens is 4. The fourth-order valence-corrected chi connectivity index (χ4v) is 4.07. The number of nitrogens with zero attached hydrogens (tertiary/aromatic N) is 5. The molecule has 1 saturated carbocycles. The standard InChI is InChI=1S/C18H25N5O/c1-12-7-13(2)23(20-12)15-5-4-6-22(11-15)18(24)17-8-16(17)14-9-19-21(3)10-14/h7,9-10,15-17H,4-6,8,11H2,1-3H3/t15-,16-,17+/m1/s1. The third kappa shape index (κ3) is 2.74. The third-order valence-corrected chi connectivity index (χ3v) is 5.36. The van der Waals surface area contributed by atoms with Gasteiger partial charge >= 0.3 is 0 Å². The maximum Gasteiger partial charge on any atom is 0.226 e. The van der Waals surface area contributed by atoms with E-state index in [9.17, 15) is 4.79 Å². The van der Waals surface area contributed by atoms with Gasteiger partial charge in [0.2, 0.25) is 5.91 Å². The van der Waals surface area contributed by atoms with Crippen LogP contribution >= 0.6 is 0 Å². The van der Waals surface area contributed by atoms with Crippen LogP contribution in [0.1, 0.15) is 48.2 Å². The van der Waals surface area contributed by atoms with Crippen molar-refractivity contribution in [2.24, 2.45) is 13.0 Å². The van der Waals surface area contributed by atoms with Crippen molar-refractivity contribution < 1.29 is 4.79 Å². The Kier molecular flexibility index (Phi) is 3.70. The minimum absolute atomic E-state index is 0.147. The SMILES string of the molecule is Cc1cc(C)n([C@@H]2CCCN(C(=O)[C@H]3C[C@@H]3c3cnn(C)c3)C2)n1. The lowest BCUT2D eigenvalue weighted by Gasteiger charge is -2.33. The van der Waals surface area contributed by atoms with E-state index in [2.05, 4.69) is 32.8 Å². The fraction of sp³-hybridized carbons (Fsp3) is 0.611. The Labute approximate surface area is 142 Å². The molecule has 0 bridgehead atoms. The summed E-state index contributed by atoms with van der Waals surface area (Å²) in [5.74, 6) is 0.823. The van der Waals surface area contributed by atoms with E-state index in [1.807, 2.05) is 31.0 Å². The van der Waals surface area contributed by atoms with E-state index < -0.39 is 0 Å². The minimum Gasteiger partial charge on any atom is -0.340 e. The molecule has 0 N–H and O–H groups in total. The van der Waals surface area contributed by atoms with Crippen LogP contribution in [-0.4, -0.2) is 43.5 Å². The lowest BCUT2D eigenvalue weighted by atomic mass is 10.0. The number of likely N-dealkylation sites (tertiary alicyclic amines) is 1. The zero-order valence-corrected chi connectivity index (χ0v) is 14.6. The minimum atomic E-state index is 0.147. The zero-order valence-electron chi connectivity index (χ0n) is 14.6. The number of aryl methyl sites for hydroxylation is 3. The average Bonchev–Trinajstić information content (AvgIpc) is 3.13. The van der Waals surface area contributed by atoms with Gasteiger partial charge in [-0.1, -0.05) is 0 Å². The van der Waals surface area contributed by atoms with Crippen LogP contribution in [0.2, 0.25) is 0 Å². The molecule has 1 aliphatic carbocycles.